The zero-order chi connectivity index (χ0) is 10.1. The molecule has 0 radical (unpaired) electrons. The van der Waals surface area contributed by atoms with Crippen molar-refractivity contribution < 1.29 is 0 Å². The van der Waals surface area contributed by atoms with Gasteiger partial charge in [0.2, 0.25) is 0 Å². The van der Waals surface area contributed by atoms with Gasteiger partial charge in [-0.05, 0) is 24.6 Å². The average molecular weight is 183 g/mol. The van der Waals surface area contributed by atoms with Crippen LogP contribution < -0.4 is 5.73 Å². The molecule has 3 nitrogen and oxygen atoms in total. The molecule has 2 N–H and O–H groups in total. The Hall–Kier alpha value is -2.08. The summed E-state index contributed by atoms with van der Waals surface area (Å²) in [5.41, 5.74) is 8.01. The van der Waals surface area contributed by atoms with Gasteiger partial charge in [0.1, 0.15) is 11.9 Å². The van der Waals surface area contributed by atoms with Crippen LogP contribution in [0.25, 0.3) is 10.9 Å². The number of anilines is 1. The van der Waals surface area contributed by atoms with Crippen LogP contribution in [0.2, 0.25) is 0 Å². The van der Waals surface area contributed by atoms with E-state index in [1.807, 2.05) is 31.2 Å². The van der Waals surface area contributed by atoms with Gasteiger partial charge in [0.05, 0.1) is 11.1 Å². The van der Waals surface area contributed by atoms with Gasteiger partial charge in [-0.2, -0.15) is 5.26 Å². The van der Waals surface area contributed by atoms with Gasteiger partial charge in [-0.25, -0.2) is 4.98 Å². The summed E-state index contributed by atoms with van der Waals surface area (Å²) in [5, 5.41) is 9.71. The van der Waals surface area contributed by atoms with Gasteiger partial charge >= 0.3 is 0 Å². The van der Waals surface area contributed by atoms with Crippen LogP contribution in [0, 0.1) is 18.3 Å². The van der Waals surface area contributed by atoms with Gasteiger partial charge in [0, 0.05) is 5.39 Å². The Bertz CT molecular complexity index is 538. The van der Waals surface area contributed by atoms with E-state index in [1.54, 1.807) is 6.07 Å². The van der Waals surface area contributed by atoms with Gasteiger partial charge in [-0.1, -0.05) is 12.1 Å². The number of benzene rings is 1. The van der Waals surface area contributed by atoms with Crippen molar-refractivity contribution in [3.63, 3.8) is 0 Å². The quantitative estimate of drug-likeness (QED) is 0.679. The number of fused-ring (bicyclic) bond motifs is 1. The Morgan fingerprint density at radius 3 is 2.86 bits per heavy atom. The number of nitriles is 1. The highest BCUT2D eigenvalue weighted by Crippen LogP contribution is 2.18. The second-order valence-corrected chi connectivity index (χ2v) is 3.23. The first-order chi connectivity index (χ1) is 6.70. The fourth-order valence-electron chi connectivity index (χ4n) is 1.38. The van der Waals surface area contributed by atoms with Gasteiger partial charge < -0.3 is 5.73 Å². The smallest absolute Gasteiger partial charge is 0.142 e. The van der Waals surface area contributed by atoms with Crippen LogP contribution in [0.3, 0.4) is 0 Å². The number of nitrogens with two attached hydrogens (primary N) is 1. The summed E-state index contributed by atoms with van der Waals surface area (Å²) in [6, 6.07) is 9.66. The first-order valence-electron chi connectivity index (χ1n) is 4.27. The molecular weight excluding hydrogens is 174 g/mol. The Kier molecular flexibility index (Phi) is 1.83. The van der Waals surface area contributed by atoms with Crippen LogP contribution in [0.4, 0.5) is 5.82 Å². The van der Waals surface area contributed by atoms with Gasteiger partial charge in [0.15, 0.2) is 0 Å². The van der Waals surface area contributed by atoms with Gasteiger partial charge in [-0.15, -0.1) is 0 Å². The third-order valence-electron chi connectivity index (χ3n) is 2.12. The minimum Gasteiger partial charge on any atom is -0.383 e. The molecule has 0 fully saturated rings. The lowest BCUT2D eigenvalue weighted by Crippen LogP contribution is -1.95. The molecule has 2 rings (SSSR count). The van der Waals surface area contributed by atoms with Crippen LogP contribution in [0.1, 0.15) is 11.1 Å². The van der Waals surface area contributed by atoms with Crippen molar-refractivity contribution in [2.45, 2.75) is 6.92 Å². The number of aryl methyl sites for hydroxylation is 1. The maximum absolute atomic E-state index is 8.76. The molecule has 0 saturated carbocycles. The standard InChI is InChI=1S/C11H9N3/c1-7-2-3-8-5-9(6-12)11(13)14-10(8)4-7/h2-5H,1H3,(H2,13,14). The fraction of sp³-hybridized carbons (Fsp3) is 0.0909. The first-order valence-corrected chi connectivity index (χ1v) is 4.27. The summed E-state index contributed by atoms with van der Waals surface area (Å²) in [7, 11) is 0. The van der Waals surface area contributed by atoms with E-state index < -0.39 is 0 Å². The van der Waals surface area contributed by atoms with Crippen LogP contribution >= 0.6 is 0 Å². The molecule has 0 atom stereocenters. The summed E-state index contributed by atoms with van der Waals surface area (Å²) in [6.07, 6.45) is 0. The zero-order valence-electron chi connectivity index (χ0n) is 7.78. The molecule has 0 unspecified atom stereocenters. The Morgan fingerprint density at radius 1 is 1.36 bits per heavy atom. The minimum atomic E-state index is 0.297. The molecule has 68 valence electrons. The van der Waals surface area contributed by atoms with Gasteiger partial charge in [-0.3, -0.25) is 0 Å². The number of nitrogen functional groups attached to an aromatic ring is 1. The van der Waals surface area contributed by atoms with Crippen molar-refractivity contribution in [2.75, 3.05) is 5.73 Å². The zero-order valence-corrected chi connectivity index (χ0v) is 7.78. The molecule has 3 heteroatoms. The second kappa shape index (κ2) is 3.00. The molecule has 1 aromatic heterocycles. The predicted octanol–water partition coefficient (Wildman–Crippen LogP) is 2.00. The van der Waals surface area contributed by atoms with Crippen LogP contribution in [0.5, 0.6) is 0 Å². The monoisotopic (exact) mass is 183 g/mol. The highest BCUT2D eigenvalue weighted by Gasteiger charge is 2.02. The van der Waals surface area contributed by atoms with Crippen molar-refractivity contribution >= 4 is 16.7 Å². The normalized spacial score (nSPS) is 10.0. The summed E-state index contributed by atoms with van der Waals surface area (Å²) in [6.45, 7) is 2.00. The third kappa shape index (κ3) is 1.27. The molecule has 0 aliphatic rings. The molecule has 1 heterocycles. The molecule has 0 bridgehead atoms. The van der Waals surface area contributed by atoms with Crippen LogP contribution in [-0.2, 0) is 0 Å². The largest absolute Gasteiger partial charge is 0.383 e. The van der Waals surface area contributed by atoms with Crippen molar-refractivity contribution in [1.82, 2.24) is 4.98 Å². The first kappa shape index (κ1) is 8.52. The van der Waals surface area contributed by atoms with Gasteiger partial charge in [0.25, 0.3) is 0 Å². The number of rotatable bonds is 0. The highest BCUT2D eigenvalue weighted by atomic mass is 14.8. The molecule has 0 amide bonds. The SMILES string of the molecule is Cc1ccc2cc(C#N)c(N)nc2c1. The highest BCUT2D eigenvalue weighted by molar-refractivity contribution is 5.83. The van der Waals surface area contributed by atoms with Crippen molar-refractivity contribution in [3.05, 3.63) is 35.4 Å². The molecule has 2 aromatic rings. The summed E-state index contributed by atoms with van der Waals surface area (Å²) >= 11 is 0. The fourth-order valence-corrected chi connectivity index (χ4v) is 1.38. The maximum atomic E-state index is 8.76. The Labute approximate surface area is 81.8 Å². The molecule has 0 aliphatic carbocycles. The van der Waals surface area contributed by atoms with E-state index in [2.05, 4.69) is 4.98 Å². The second-order valence-electron chi connectivity index (χ2n) is 3.23. The number of aromatic nitrogens is 1. The average Bonchev–Trinajstić information content (AvgIpc) is 2.16. The molecule has 14 heavy (non-hydrogen) atoms. The predicted molar refractivity (Wildman–Crippen MR) is 55.6 cm³/mol. The number of nitrogens with zero attached hydrogens (tertiary/aromatic N) is 2. The van der Waals surface area contributed by atoms with E-state index in [1.165, 1.54) is 0 Å². The van der Waals surface area contributed by atoms with Crippen molar-refractivity contribution in [2.24, 2.45) is 0 Å². The molecule has 0 saturated heterocycles. The third-order valence-corrected chi connectivity index (χ3v) is 2.12. The van der Waals surface area contributed by atoms with Crippen LogP contribution in [-0.4, -0.2) is 4.98 Å². The van der Waals surface area contributed by atoms with E-state index in [0.29, 0.717) is 11.4 Å². The van der Waals surface area contributed by atoms with E-state index >= 15 is 0 Å². The Morgan fingerprint density at radius 2 is 2.14 bits per heavy atom. The summed E-state index contributed by atoms with van der Waals surface area (Å²) < 4.78 is 0. The number of hydrogen-bond donors (Lipinski definition) is 1. The molecule has 0 aliphatic heterocycles. The van der Waals surface area contributed by atoms with Crippen LogP contribution in [0.15, 0.2) is 24.3 Å². The maximum Gasteiger partial charge on any atom is 0.142 e. The van der Waals surface area contributed by atoms with E-state index in [4.69, 9.17) is 11.0 Å². The number of pyridine rings is 1. The lowest BCUT2D eigenvalue weighted by atomic mass is 10.1. The lowest BCUT2D eigenvalue weighted by Gasteiger charge is -2.01. The summed E-state index contributed by atoms with van der Waals surface area (Å²) in [4.78, 5) is 4.16. The number of hydrogen-bond acceptors (Lipinski definition) is 3. The molecule has 1 aromatic carbocycles. The van der Waals surface area contributed by atoms with Crippen molar-refractivity contribution in [1.29, 1.82) is 5.26 Å². The lowest BCUT2D eigenvalue weighted by molar-refractivity contribution is 1.36. The van der Waals surface area contributed by atoms with E-state index in [0.717, 1.165) is 16.5 Å². The molecular formula is C11H9N3. The topological polar surface area (TPSA) is 62.7 Å². The minimum absolute atomic E-state index is 0.297. The van der Waals surface area contributed by atoms with E-state index in [-0.39, 0.29) is 0 Å². The molecule has 0 spiro atoms. The van der Waals surface area contributed by atoms with E-state index in [9.17, 15) is 0 Å². The summed E-state index contributed by atoms with van der Waals surface area (Å²) in [5.74, 6) is 0.297. The van der Waals surface area contributed by atoms with Crippen molar-refractivity contribution in [3.8, 4) is 6.07 Å². The Balaban J connectivity index is 2.81.